The normalized spacial score (nSPS) is 12.0. The van der Waals surface area contributed by atoms with Gasteiger partial charge in [-0.15, -0.1) is 11.8 Å². The first-order chi connectivity index (χ1) is 11.2. The van der Waals surface area contributed by atoms with E-state index in [2.05, 4.69) is 48.7 Å². The van der Waals surface area contributed by atoms with Crippen molar-refractivity contribution in [3.8, 4) is 0 Å². The van der Waals surface area contributed by atoms with Crippen molar-refractivity contribution in [1.29, 1.82) is 0 Å². The Labute approximate surface area is 142 Å². The molecule has 0 aliphatic rings. The van der Waals surface area contributed by atoms with Gasteiger partial charge in [0.2, 0.25) is 0 Å². The summed E-state index contributed by atoms with van der Waals surface area (Å²) in [5.74, 6) is 1.02. The van der Waals surface area contributed by atoms with Crippen molar-refractivity contribution in [3.05, 3.63) is 65.2 Å². The quantitative estimate of drug-likeness (QED) is 0.755. The van der Waals surface area contributed by atoms with Crippen molar-refractivity contribution in [2.45, 2.75) is 31.3 Å². The number of carbonyl (C=O) groups is 1. The highest BCUT2D eigenvalue weighted by atomic mass is 32.2. The molecule has 0 heterocycles. The summed E-state index contributed by atoms with van der Waals surface area (Å²) in [6, 6.07) is 16.5. The van der Waals surface area contributed by atoms with Crippen LogP contribution in [0, 0.1) is 0 Å². The molecule has 0 aliphatic carbocycles. The van der Waals surface area contributed by atoms with Gasteiger partial charge in [0.05, 0.1) is 0 Å². The lowest BCUT2D eigenvalue weighted by Crippen LogP contribution is -2.20. The number of nitrogens with one attached hydrogen (secondary N) is 2. The van der Waals surface area contributed by atoms with E-state index in [-0.39, 0.29) is 11.9 Å². The molecule has 2 aromatic rings. The lowest BCUT2D eigenvalue weighted by atomic mass is 10.1. The van der Waals surface area contributed by atoms with Gasteiger partial charge < -0.3 is 10.6 Å². The Balaban J connectivity index is 2.05. The van der Waals surface area contributed by atoms with E-state index in [1.807, 2.05) is 36.0 Å². The molecule has 2 rings (SSSR count). The Kier molecular flexibility index (Phi) is 6.68. The topological polar surface area (TPSA) is 41.1 Å². The van der Waals surface area contributed by atoms with E-state index in [4.69, 9.17) is 0 Å². The summed E-state index contributed by atoms with van der Waals surface area (Å²) >= 11 is 1.87. The first kappa shape index (κ1) is 17.6. The fourth-order valence-corrected chi connectivity index (χ4v) is 3.37. The van der Waals surface area contributed by atoms with Crippen LogP contribution in [0.2, 0.25) is 0 Å². The standard InChI is InChI=1S/C19H24N2OS/c1-4-23-18-11-6-5-10-17(18)14(2)21-13-15-8-7-9-16(12-15)19(22)20-3/h5-12,14,21H,4,13H2,1-3H3,(H,20,22)/t14-/m0/s1. The minimum atomic E-state index is -0.0513. The zero-order valence-corrected chi connectivity index (χ0v) is 14.7. The fourth-order valence-electron chi connectivity index (χ4n) is 2.47. The van der Waals surface area contributed by atoms with E-state index < -0.39 is 0 Å². The van der Waals surface area contributed by atoms with Crippen LogP contribution >= 0.6 is 11.8 Å². The maximum atomic E-state index is 11.7. The third-order valence-corrected chi connectivity index (χ3v) is 4.69. The van der Waals surface area contributed by atoms with Gasteiger partial charge in [-0.3, -0.25) is 4.79 Å². The van der Waals surface area contributed by atoms with Crippen LogP contribution < -0.4 is 10.6 Å². The Morgan fingerprint density at radius 3 is 2.70 bits per heavy atom. The molecule has 0 unspecified atom stereocenters. The molecular weight excluding hydrogens is 304 g/mol. The van der Waals surface area contributed by atoms with E-state index in [9.17, 15) is 4.79 Å². The molecule has 1 amide bonds. The van der Waals surface area contributed by atoms with Crippen LogP contribution in [0.1, 0.15) is 41.4 Å². The highest BCUT2D eigenvalue weighted by Crippen LogP contribution is 2.27. The van der Waals surface area contributed by atoms with Crippen LogP contribution in [0.15, 0.2) is 53.4 Å². The minimum absolute atomic E-state index is 0.0513. The summed E-state index contributed by atoms with van der Waals surface area (Å²) in [4.78, 5) is 13.0. The molecule has 0 bridgehead atoms. The summed E-state index contributed by atoms with van der Waals surface area (Å²) in [6.45, 7) is 5.08. The highest BCUT2D eigenvalue weighted by molar-refractivity contribution is 7.99. The van der Waals surface area contributed by atoms with Crippen molar-refractivity contribution in [2.75, 3.05) is 12.8 Å². The van der Waals surface area contributed by atoms with Crippen LogP contribution in [-0.4, -0.2) is 18.7 Å². The lowest BCUT2D eigenvalue weighted by molar-refractivity contribution is 0.0963. The number of benzene rings is 2. The Morgan fingerprint density at radius 1 is 1.17 bits per heavy atom. The van der Waals surface area contributed by atoms with Crippen molar-refractivity contribution in [3.63, 3.8) is 0 Å². The van der Waals surface area contributed by atoms with Gasteiger partial charge in [0.1, 0.15) is 0 Å². The summed E-state index contributed by atoms with van der Waals surface area (Å²) in [5, 5.41) is 6.21. The average molecular weight is 328 g/mol. The van der Waals surface area contributed by atoms with Gasteiger partial charge in [-0.25, -0.2) is 0 Å². The first-order valence-electron chi connectivity index (χ1n) is 7.91. The zero-order valence-electron chi connectivity index (χ0n) is 13.9. The third-order valence-electron chi connectivity index (χ3n) is 3.71. The van der Waals surface area contributed by atoms with Crippen LogP contribution in [-0.2, 0) is 6.54 Å². The van der Waals surface area contributed by atoms with Crippen molar-refractivity contribution < 1.29 is 4.79 Å². The molecule has 0 radical (unpaired) electrons. The highest BCUT2D eigenvalue weighted by Gasteiger charge is 2.10. The third kappa shape index (κ3) is 4.85. The number of hydrogen-bond donors (Lipinski definition) is 2. The summed E-state index contributed by atoms with van der Waals surface area (Å²) in [6.07, 6.45) is 0. The largest absolute Gasteiger partial charge is 0.355 e. The molecule has 4 heteroatoms. The van der Waals surface area contributed by atoms with Crippen LogP contribution in [0.5, 0.6) is 0 Å². The van der Waals surface area contributed by atoms with Gasteiger partial charge in [-0.05, 0) is 42.0 Å². The molecule has 0 aliphatic heterocycles. The van der Waals surface area contributed by atoms with E-state index in [0.717, 1.165) is 17.9 Å². The molecule has 23 heavy (non-hydrogen) atoms. The fraction of sp³-hybridized carbons (Fsp3) is 0.316. The number of carbonyl (C=O) groups excluding carboxylic acids is 1. The molecule has 0 spiro atoms. The number of rotatable bonds is 7. The van der Waals surface area contributed by atoms with Gasteiger partial charge in [0, 0.05) is 30.1 Å². The monoisotopic (exact) mass is 328 g/mol. The molecule has 2 N–H and O–H groups in total. The van der Waals surface area contributed by atoms with Crippen LogP contribution in [0.25, 0.3) is 0 Å². The second kappa shape index (κ2) is 8.75. The molecular formula is C19H24N2OS. The maximum absolute atomic E-state index is 11.7. The Hall–Kier alpha value is -1.78. The number of amides is 1. The Bertz CT molecular complexity index is 657. The second-order valence-electron chi connectivity index (χ2n) is 5.35. The van der Waals surface area contributed by atoms with E-state index in [1.165, 1.54) is 10.5 Å². The van der Waals surface area contributed by atoms with Crippen LogP contribution in [0.3, 0.4) is 0 Å². The van der Waals surface area contributed by atoms with Gasteiger partial charge in [0.25, 0.3) is 5.91 Å². The summed E-state index contributed by atoms with van der Waals surface area (Å²) < 4.78 is 0. The molecule has 122 valence electrons. The minimum Gasteiger partial charge on any atom is -0.355 e. The van der Waals surface area contributed by atoms with E-state index in [0.29, 0.717) is 5.56 Å². The molecule has 0 aromatic heterocycles. The van der Waals surface area contributed by atoms with Gasteiger partial charge >= 0.3 is 0 Å². The maximum Gasteiger partial charge on any atom is 0.251 e. The molecule has 3 nitrogen and oxygen atoms in total. The predicted octanol–water partition coefficient (Wildman–Crippen LogP) is 4.01. The van der Waals surface area contributed by atoms with Crippen molar-refractivity contribution in [1.82, 2.24) is 10.6 Å². The van der Waals surface area contributed by atoms with Gasteiger partial charge in [0.15, 0.2) is 0 Å². The van der Waals surface area contributed by atoms with E-state index in [1.54, 1.807) is 7.05 Å². The van der Waals surface area contributed by atoms with Gasteiger partial charge in [-0.2, -0.15) is 0 Å². The van der Waals surface area contributed by atoms with Crippen molar-refractivity contribution in [2.24, 2.45) is 0 Å². The zero-order chi connectivity index (χ0) is 16.7. The smallest absolute Gasteiger partial charge is 0.251 e. The Morgan fingerprint density at radius 2 is 1.96 bits per heavy atom. The lowest BCUT2D eigenvalue weighted by Gasteiger charge is -2.18. The molecule has 1 atom stereocenters. The average Bonchev–Trinajstić information content (AvgIpc) is 2.60. The number of hydrogen-bond acceptors (Lipinski definition) is 3. The SMILES string of the molecule is CCSc1ccccc1[C@H](C)NCc1cccc(C(=O)NC)c1. The molecule has 0 saturated carbocycles. The van der Waals surface area contributed by atoms with E-state index >= 15 is 0 Å². The summed E-state index contributed by atoms with van der Waals surface area (Å²) in [7, 11) is 1.65. The second-order valence-corrected chi connectivity index (χ2v) is 6.66. The molecule has 0 fully saturated rings. The molecule has 2 aromatic carbocycles. The number of thioether (sulfide) groups is 1. The van der Waals surface area contributed by atoms with Gasteiger partial charge in [-0.1, -0.05) is 37.3 Å². The summed E-state index contributed by atoms with van der Waals surface area (Å²) in [5.41, 5.74) is 3.13. The molecule has 0 saturated heterocycles. The van der Waals surface area contributed by atoms with Crippen LogP contribution in [0.4, 0.5) is 0 Å². The predicted molar refractivity (Wildman–Crippen MR) is 97.9 cm³/mol. The first-order valence-corrected chi connectivity index (χ1v) is 8.90. The van der Waals surface area contributed by atoms with Crippen molar-refractivity contribution >= 4 is 17.7 Å².